The van der Waals surface area contributed by atoms with E-state index < -0.39 is 12.0 Å². The van der Waals surface area contributed by atoms with E-state index in [1.165, 1.54) is 24.5 Å². The van der Waals surface area contributed by atoms with Crippen molar-refractivity contribution in [2.45, 2.75) is 13.0 Å². The van der Waals surface area contributed by atoms with Gasteiger partial charge in [-0.15, -0.1) is 11.3 Å². The number of carbonyl (C=O) groups is 1. The monoisotopic (exact) mass is 224 g/mol. The molecule has 6 heteroatoms. The molecule has 2 aromatic rings. The number of thiophene rings is 1. The summed E-state index contributed by atoms with van der Waals surface area (Å²) in [6.07, 6.45) is 1.51. The van der Waals surface area contributed by atoms with Gasteiger partial charge in [-0.25, -0.2) is 9.48 Å². The fourth-order valence-electron chi connectivity index (χ4n) is 1.26. The van der Waals surface area contributed by atoms with Crippen molar-refractivity contribution in [1.29, 1.82) is 0 Å². The molecule has 1 N–H and O–H groups in total. The first kappa shape index (κ1) is 9.85. The van der Waals surface area contributed by atoms with Crippen LogP contribution in [-0.2, 0) is 4.79 Å². The molecule has 2 aromatic heterocycles. The first-order chi connectivity index (χ1) is 7.11. The van der Waals surface area contributed by atoms with Crippen LogP contribution in [0.1, 0.15) is 13.0 Å². The second-order valence-electron chi connectivity index (χ2n) is 3.11. The third-order valence-electron chi connectivity index (χ3n) is 2.14. The lowest BCUT2D eigenvalue weighted by Crippen LogP contribution is -2.29. The van der Waals surface area contributed by atoms with Crippen LogP contribution in [0.3, 0.4) is 0 Å². The molecular weight excluding hydrogens is 216 g/mol. The Bertz CT molecular complexity index is 572. The lowest BCUT2D eigenvalue weighted by Gasteiger charge is -2.07. The number of hydrogen-bond donors (Lipinski definition) is 1. The van der Waals surface area contributed by atoms with Gasteiger partial charge in [0, 0.05) is 5.39 Å². The molecular formula is C9H8N2O3S. The zero-order valence-electron chi connectivity index (χ0n) is 7.88. The first-order valence-corrected chi connectivity index (χ1v) is 5.17. The van der Waals surface area contributed by atoms with E-state index in [1.54, 1.807) is 11.4 Å². The van der Waals surface area contributed by atoms with Gasteiger partial charge in [-0.05, 0) is 18.4 Å². The second kappa shape index (κ2) is 3.47. The molecule has 0 aliphatic carbocycles. The predicted octanol–water partition coefficient (Wildman–Crippen LogP) is 1.10. The highest BCUT2D eigenvalue weighted by Crippen LogP contribution is 2.15. The fraction of sp³-hybridized carbons (Fsp3) is 0.222. The van der Waals surface area contributed by atoms with E-state index in [-0.39, 0.29) is 5.56 Å². The third kappa shape index (κ3) is 1.52. The fourth-order valence-corrected chi connectivity index (χ4v) is 2.06. The Morgan fingerprint density at radius 1 is 1.67 bits per heavy atom. The van der Waals surface area contributed by atoms with Gasteiger partial charge in [0.1, 0.15) is 4.70 Å². The van der Waals surface area contributed by atoms with Crippen molar-refractivity contribution < 1.29 is 9.90 Å². The van der Waals surface area contributed by atoms with Gasteiger partial charge in [0.2, 0.25) is 0 Å². The molecule has 0 amide bonds. The Morgan fingerprint density at radius 2 is 2.40 bits per heavy atom. The Morgan fingerprint density at radius 3 is 3.07 bits per heavy atom. The molecule has 0 saturated carbocycles. The van der Waals surface area contributed by atoms with Gasteiger partial charge >= 0.3 is 5.97 Å². The van der Waals surface area contributed by atoms with Crippen molar-refractivity contribution in [3.8, 4) is 0 Å². The van der Waals surface area contributed by atoms with Gasteiger partial charge in [0.05, 0.1) is 6.20 Å². The van der Waals surface area contributed by atoms with Gasteiger partial charge in [-0.2, -0.15) is 5.10 Å². The number of carboxylic acids is 1. The smallest absolute Gasteiger partial charge is 0.328 e. The standard InChI is InChI=1S/C9H8N2O3S/c1-5(9(13)14)11-8(12)7-6(4-10-11)2-3-15-7/h2-5H,1H3,(H,13,14)/t5-/m0/s1. The van der Waals surface area contributed by atoms with Crippen molar-refractivity contribution in [2.75, 3.05) is 0 Å². The minimum Gasteiger partial charge on any atom is -0.480 e. The molecule has 0 radical (unpaired) electrons. The van der Waals surface area contributed by atoms with Crippen LogP contribution in [0.5, 0.6) is 0 Å². The summed E-state index contributed by atoms with van der Waals surface area (Å²) in [7, 11) is 0. The topological polar surface area (TPSA) is 72.2 Å². The minimum atomic E-state index is -1.07. The van der Waals surface area contributed by atoms with Crippen LogP contribution in [-0.4, -0.2) is 20.9 Å². The highest BCUT2D eigenvalue weighted by molar-refractivity contribution is 7.17. The number of aliphatic carboxylic acids is 1. The van der Waals surface area contributed by atoms with Crippen molar-refractivity contribution in [2.24, 2.45) is 0 Å². The summed E-state index contributed by atoms with van der Waals surface area (Å²) in [5.41, 5.74) is -0.350. The average Bonchev–Trinajstić information content (AvgIpc) is 2.66. The molecule has 78 valence electrons. The van der Waals surface area contributed by atoms with Crippen molar-refractivity contribution >= 4 is 27.4 Å². The lowest BCUT2D eigenvalue weighted by molar-refractivity contribution is -0.140. The molecule has 0 unspecified atom stereocenters. The van der Waals surface area contributed by atoms with E-state index in [2.05, 4.69) is 5.10 Å². The van der Waals surface area contributed by atoms with Crippen molar-refractivity contribution in [1.82, 2.24) is 9.78 Å². The Kier molecular flexibility index (Phi) is 2.28. The highest BCUT2D eigenvalue weighted by atomic mass is 32.1. The van der Waals surface area contributed by atoms with Gasteiger partial charge in [-0.3, -0.25) is 4.79 Å². The molecule has 2 heterocycles. The molecule has 15 heavy (non-hydrogen) atoms. The number of carboxylic acid groups (broad SMARTS) is 1. The summed E-state index contributed by atoms with van der Waals surface area (Å²) in [6.45, 7) is 1.43. The van der Waals surface area contributed by atoms with Crippen LogP contribution in [0.25, 0.3) is 10.1 Å². The summed E-state index contributed by atoms with van der Waals surface area (Å²) >= 11 is 1.29. The predicted molar refractivity (Wildman–Crippen MR) is 56.2 cm³/mol. The molecule has 0 saturated heterocycles. The Labute approximate surface area is 88.6 Å². The van der Waals surface area contributed by atoms with E-state index in [4.69, 9.17) is 5.11 Å². The quantitative estimate of drug-likeness (QED) is 0.829. The van der Waals surface area contributed by atoms with Gasteiger partial charge < -0.3 is 5.11 Å². The summed E-state index contributed by atoms with van der Waals surface area (Å²) in [4.78, 5) is 22.5. The molecule has 0 aromatic carbocycles. The van der Waals surface area contributed by atoms with E-state index in [0.717, 1.165) is 10.1 Å². The molecule has 0 bridgehead atoms. The number of nitrogens with zero attached hydrogens (tertiary/aromatic N) is 2. The summed E-state index contributed by atoms with van der Waals surface area (Å²) in [5.74, 6) is -1.07. The molecule has 0 aliphatic rings. The summed E-state index contributed by atoms with van der Waals surface area (Å²) in [5, 5.41) is 15.1. The maximum absolute atomic E-state index is 11.8. The zero-order chi connectivity index (χ0) is 11.0. The molecule has 0 fully saturated rings. The largest absolute Gasteiger partial charge is 0.480 e. The molecule has 2 rings (SSSR count). The molecule has 1 atom stereocenters. The van der Waals surface area contributed by atoms with Crippen LogP contribution in [0.15, 0.2) is 22.4 Å². The molecule has 0 spiro atoms. The zero-order valence-corrected chi connectivity index (χ0v) is 8.69. The summed E-state index contributed by atoms with van der Waals surface area (Å²) in [6, 6.07) is 0.841. The normalized spacial score (nSPS) is 12.9. The number of hydrogen-bond acceptors (Lipinski definition) is 4. The van der Waals surface area contributed by atoms with E-state index in [9.17, 15) is 9.59 Å². The van der Waals surface area contributed by atoms with Gasteiger partial charge in [0.25, 0.3) is 5.56 Å². The van der Waals surface area contributed by atoms with Crippen LogP contribution in [0, 0.1) is 0 Å². The highest BCUT2D eigenvalue weighted by Gasteiger charge is 2.17. The SMILES string of the molecule is C[C@@H](C(=O)O)n1ncc2ccsc2c1=O. The number of fused-ring (bicyclic) bond motifs is 1. The van der Waals surface area contributed by atoms with Crippen LogP contribution < -0.4 is 5.56 Å². The Hall–Kier alpha value is -1.69. The van der Waals surface area contributed by atoms with Crippen molar-refractivity contribution in [3.05, 3.63) is 28.0 Å². The first-order valence-electron chi connectivity index (χ1n) is 4.29. The maximum Gasteiger partial charge on any atom is 0.328 e. The van der Waals surface area contributed by atoms with Crippen LogP contribution in [0.4, 0.5) is 0 Å². The number of aromatic nitrogens is 2. The van der Waals surface area contributed by atoms with E-state index in [0.29, 0.717) is 4.70 Å². The van der Waals surface area contributed by atoms with Crippen LogP contribution in [0.2, 0.25) is 0 Å². The second-order valence-corrected chi connectivity index (χ2v) is 4.03. The minimum absolute atomic E-state index is 0.350. The van der Waals surface area contributed by atoms with Gasteiger partial charge in [0.15, 0.2) is 6.04 Å². The van der Waals surface area contributed by atoms with Gasteiger partial charge in [-0.1, -0.05) is 0 Å². The van der Waals surface area contributed by atoms with E-state index in [1.807, 2.05) is 0 Å². The molecule has 0 aliphatic heterocycles. The molecule has 5 nitrogen and oxygen atoms in total. The lowest BCUT2D eigenvalue weighted by atomic mass is 10.3. The summed E-state index contributed by atoms with van der Waals surface area (Å²) < 4.78 is 1.53. The average molecular weight is 224 g/mol. The maximum atomic E-state index is 11.8. The van der Waals surface area contributed by atoms with E-state index >= 15 is 0 Å². The van der Waals surface area contributed by atoms with Crippen molar-refractivity contribution in [3.63, 3.8) is 0 Å². The third-order valence-corrected chi connectivity index (χ3v) is 3.06. The number of rotatable bonds is 2. The Balaban J connectivity index is 2.67. The van der Waals surface area contributed by atoms with Crippen LogP contribution >= 0.6 is 11.3 Å².